The third-order valence-corrected chi connectivity index (χ3v) is 2.24. The van der Waals surface area contributed by atoms with E-state index in [1.165, 1.54) is 19.4 Å². The lowest BCUT2D eigenvalue weighted by atomic mass is 10.1. The summed E-state index contributed by atoms with van der Waals surface area (Å²) in [4.78, 5) is 10.6. The molecule has 128 valence electrons. The van der Waals surface area contributed by atoms with Crippen molar-refractivity contribution in [2.24, 2.45) is 0 Å². The summed E-state index contributed by atoms with van der Waals surface area (Å²) in [6, 6.07) is 3.22. The molecule has 3 nitrogen and oxygen atoms in total. The van der Waals surface area contributed by atoms with Crippen molar-refractivity contribution in [3.8, 4) is 0 Å². The fraction of sp³-hybridized carbons (Fsp3) is 0.562. The van der Waals surface area contributed by atoms with Crippen LogP contribution < -0.4 is 11.1 Å². The van der Waals surface area contributed by atoms with E-state index in [-0.39, 0.29) is 11.6 Å². The first-order valence-corrected chi connectivity index (χ1v) is 7.42. The van der Waals surface area contributed by atoms with Gasteiger partial charge in [-0.25, -0.2) is 0 Å². The Morgan fingerprint density at radius 1 is 1.23 bits per heavy atom. The fourth-order valence-electron chi connectivity index (χ4n) is 1.37. The van der Waals surface area contributed by atoms with Crippen LogP contribution in [0, 0.1) is 0 Å². The maximum absolute atomic E-state index is 12.3. The Labute approximate surface area is 131 Å². The Morgan fingerprint density at radius 2 is 1.73 bits per heavy atom. The number of carbonyl (C=O) groups is 1. The number of nitrogens with two attached hydrogens (primary N) is 1. The minimum Gasteiger partial charge on any atom is -0.398 e. The van der Waals surface area contributed by atoms with Gasteiger partial charge in [0, 0.05) is 19.2 Å². The zero-order valence-corrected chi connectivity index (χ0v) is 14.0. The maximum atomic E-state index is 12.3. The Balaban J connectivity index is 0. The molecule has 0 unspecified atom stereocenters. The van der Waals surface area contributed by atoms with E-state index in [4.69, 9.17) is 5.73 Å². The van der Waals surface area contributed by atoms with E-state index >= 15 is 0 Å². The molecule has 0 saturated carbocycles. The molecule has 1 amide bonds. The average Bonchev–Trinajstić information content (AvgIpc) is 2.42. The molecular formula is C16H27F3N2O. The molecule has 0 aliphatic heterocycles. The van der Waals surface area contributed by atoms with Crippen molar-refractivity contribution in [1.82, 2.24) is 5.32 Å². The summed E-state index contributed by atoms with van der Waals surface area (Å²) in [5.74, 6) is -0.185. The molecule has 0 bridgehead atoms. The average molecular weight is 320 g/mol. The summed E-state index contributed by atoms with van der Waals surface area (Å²) in [7, 11) is 0. The van der Waals surface area contributed by atoms with Crippen molar-refractivity contribution in [3.05, 3.63) is 29.3 Å². The molecule has 1 aromatic carbocycles. The lowest BCUT2D eigenvalue weighted by molar-refractivity contribution is -0.137. The largest absolute Gasteiger partial charge is 0.416 e. The van der Waals surface area contributed by atoms with Gasteiger partial charge in [-0.1, -0.05) is 40.2 Å². The topological polar surface area (TPSA) is 55.1 Å². The van der Waals surface area contributed by atoms with Gasteiger partial charge in [0.15, 0.2) is 0 Å². The van der Waals surface area contributed by atoms with E-state index in [1.54, 1.807) is 0 Å². The van der Waals surface area contributed by atoms with Crippen LogP contribution in [0.25, 0.3) is 0 Å². The van der Waals surface area contributed by atoms with Crippen LogP contribution in [0.3, 0.4) is 0 Å². The van der Waals surface area contributed by atoms with Crippen molar-refractivity contribution in [2.45, 2.75) is 53.6 Å². The molecule has 1 rings (SSSR count). The van der Waals surface area contributed by atoms with Gasteiger partial charge in [0.05, 0.1) is 5.56 Å². The quantitative estimate of drug-likeness (QED) is 0.811. The van der Waals surface area contributed by atoms with Crippen molar-refractivity contribution in [3.63, 3.8) is 0 Å². The van der Waals surface area contributed by atoms with Gasteiger partial charge in [-0.2, -0.15) is 13.2 Å². The van der Waals surface area contributed by atoms with Gasteiger partial charge in [0.25, 0.3) is 0 Å². The number of amides is 1. The van der Waals surface area contributed by atoms with Crippen molar-refractivity contribution in [1.29, 1.82) is 0 Å². The third-order valence-electron chi connectivity index (χ3n) is 2.24. The van der Waals surface area contributed by atoms with E-state index in [0.29, 0.717) is 18.5 Å². The van der Waals surface area contributed by atoms with Crippen LogP contribution in [0.5, 0.6) is 0 Å². The molecule has 0 aromatic heterocycles. The summed E-state index contributed by atoms with van der Waals surface area (Å²) < 4.78 is 37.0. The number of benzene rings is 1. The highest BCUT2D eigenvalue weighted by molar-refractivity contribution is 5.72. The predicted molar refractivity (Wildman–Crippen MR) is 85.6 cm³/mol. The van der Waals surface area contributed by atoms with Gasteiger partial charge in [0.1, 0.15) is 0 Å². The first-order chi connectivity index (χ1) is 10.2. The number of hydrogen-bond acceptors (Lipinski definition) is 2. The minimum atomic E-state index is -4.38. The van der Waals surface area contributed by atoms with Crippen LogP contribution in [0.4, 0.5) is 18.9 Å². The van der Waals surface area contributed by atoms with Crippen LogP contribution >= 0.6 is 0 Å². The Bertz CT molecular complexity index is 432. The number of nitrogen functional groups attached to an aromatic ring is 1. The Morgan fingerprint density at radius 3 is 2.09 bits per heavy atom. The number of halogens is 3. The van der Waals surface area contributed by atoms with Gasteiger partial charge in [-0.3, -0.25) is 4.79 Å². The second kappa shape index (κ2) is 11.9. The highest BCUT2D eigenvalue weighted by Crippen LogP contribution is 2.31. The van der Waals surface area contributed by atoms with Gasteiger partial charge < -0.3 is 11.1 Å². The SMILES string of the molecule is CC.CC(=O)NCCc1ccc(C(F)(F)F)cc1N.CCC. The van der Waals surface area contributed by atoms with Gasteiger partial charge >= 0.3 is 6.18 Å². The molecule has 0 heterocycles. The number of nitrogens with one attached hydrogen (secondary N) is 1. The molecule has 1 aromatic rings. The number of carbonyl (C=O) groups excluding carboxylic acids is 1. The van der Waals surface area contributed by atoms with Crippen LogP contribution in [-0.4, -0.2) is 12.5 Å². The number of hydrogen-bond donors (Lipinski definition) is 2. The fourth-order valence-corrected chi connectivity index (χ4v) is 1.37. The number of anilines is 1. The number of rotatable bonds is 3. The van der Waals surface area contributed by atoms with E-state index in [1.807, 2.05) is 13.8 Å². The van der Waals surface area contributed by atoms with Crippen LogP contribution in [0.15, 0.2) is 18.2 Å². The van der Waals surface area contributed by atoms with Crippen molar-refractivity contribution in [2.75, 3.05) is 12.3 Å². The highest BCUT2D eigenvalue weighted by Gasteiger charge is 2.30. The Kier molecular flexibility index (Phi) is 12.2. The summed E-state index contributed by atoms with van der Waals surface area (Å²) in [6.07, 6.45) is -2.73. The molecule has 0 saturated heterocycles. The van der Waals surface area contributed by atoms with Crippen LogP contribution in [0.1, 0.15) is 52.2 Å². The normalized spacial score (nSPS) is 9.82. The smallest absolute Gasteiger partial charge is 0.398 e. The Hall–Kier alpha value is -1.72. The monoisotopic (exact) mass is 320 g/mol. The number of alkyl halides is 3. The molecular weight excluding hydrogens is 293 g/mol. The summed E-state index contributed by atoms with van der Waals surface area (Å²) in [6.45, 7) is 9.97. The second-order valence-corrected chi connectivity index (χ2v) is 4.35. The first kappa shape index (κ1) is 22.6. The van der Waals surface area contributed by atoms with Crippen molar-refractivity contribution < 1.29 is 18.0 Å². The molecule has 22 heavy (non-hydrogen) atoms. The van der Waals surface area contributed by atoms with Gasteiger partial charge in [-0.15, -0.1) is 0 Å². The van der Waals surface area contributed by atoms with Crippen LogP contribution in [-0.2, 0) is 17.4 Å². The molecule has 0 aliphatic carbocycles. The molecule has 0 aliphatic rings. The second-order valence-electron chi connectivity index (χ2n) is 4.35. The standard InChI is InChI=1S/C11H13F3N2O.C3H8.C2H6/c1-7(17)16-5-4-8-2-3-9(6-10(8)15)11(12,13)14;1-3-2;1-2/h2-3,6H,4-5,15H2,1H3,(H,16,17);3H2,1-2H3;1-2H3. The maximum Gasteiger partial charge on any atom is 0.416 e. The highest BCUT2D eigenvalue weighted by atomic mass is 19.4. The predicted octanol–water partition coefficient (Wildman–Crippen LogP) is 4.41. The molecule has 0 spiro atoms. The van der Waals surface area contributed by atoms with Gasteiger partial charge in [-0.05, 0) is 24.1 Å². The van der Waals surface area contributed by atoms with Crippen molar-refractivity contribution >= 4 is 11.6 Å². The lowest BCUT2D eigenvalue weighted by Crippen LogP contribution is -2.22. The lowest BCUT2D eigenvalue weighted by Gasteiger charge is -2.10. The molecule has 6 heteroatoms. The van der Waals surface area contributed by atoms with E-state index in [9.17, 15) is 18.0 Å². The van der Waals surface area contributed by atoms with Gasteiger partial charge in [0.2, 0.25) is 5.91 Å². The molecule has 0 fully saturated rings. The summed E-state index contributed by atoms with van der Waals surface area (Å²) in [5, 5.41) is 2.55. The summed E-state index contributed by atoms with van der Waals surface area (Å²) >= 11 is 0. The van der Waals surface area contributed by atoms with Crippen LogP contribution in [0.2, 0.25) is 0 Å². The first-order valence-electron chi connectivity index (χ1n) is 7.42. The molecule has 3 N–H and O–H groups in total. The zero-order chi connectivity index (χ0) is 17.8. The third kappa shape index (κ3) is 10.1. The minimum absolute atomic E-state index is 0.0881. The molecule has 0 radical (unpaired) electrons. The molecule has 0 atom stereocenters. The summed E-state index contributed by atoms with van der Waals surface area (Å²) in [5.41, 5.74) is 5.43. The van der Waals surface area contributed by atoms with E-state index < -0.39 is 11.7 Å². The zero-order valence-electron chi connectivity index (χ0n) is 14.0. The van der Waals surface area contributed by atoms with E-state index in [2.05, 4.69) is 19.2 Å². The van der Waals surface area contributed by atoms with E-state index in [0.717, 1.165) is 12.1 Å².